The monoisotopic (exact) mass is 344 g/mol. The van der Waals surface area contributed by atoms with Gasteiger partial charge in [-0.1, -0.05) is 12.6 Å². The second-order valence-corrected chi connectivity index (χ2v) is 6.31. The van der Waals surface area contributed by atoms with Crippen molar-refractivity contribution in [3.05, 3.63) is 72.2 Å². The molecule has 0 fully saturated rings. The van der Waals surface area contributed by atoms with Crippen LogP contribution in [0, 0.1) is 0 Å². The third-order valence-electron chi connectivity index (χ3n) is 4.55. The van der Waals surface area contributed by atoms with Gasteiger partial charge in [0, 0.05) is 29.7 Å². The molecule has 0 N–H and O–H groups in total. The Hall–Kier alpha value is -3.08. The molecule has 0 amide bonds. The molecule has 0 unspecified atom stereocenters. The van der Waals surface area contributed by atoms with Crippen LogP contribution in [0.15, 0.2) is 49.6 Å². The fourth-order valence-corrected chi connectivity index (χ4v) is 3.29. The zero-order chi connectivity index (χ0) is 17.8. The Bertz CT molecular complexity index is 925. The van der Waals surface area contributed by atoms with Crippen LogP contribution in [0.1, 0.15) is 35.5 Å². The summed E-state index contributed by atoms with van der Waals surface area (Å²) < 4.78 is 5.97. The maximum Gasteiger partial charge on any atom is 0.214 e. The van der Waals surface area contributed by atoms with Crippen LogP contribution < -0.4 is 4.74 Å². The van der Waals surface area contributed by atoms with E-state index in [4.69, 9.17) is 9.72 Å². The Morgan fingerprint density at radius 1 is 1.08 bits per heavy atom. The third-order valence-corrected chi connectivity index (χ3v) is 4.55. The largest absolute Gasteiger partial charge is 0.471 e. The van der Waals surface area contributed by atoms with Gasteiger partial charge < -0.3 is 4.74 Å². The van der Waals surface area contributed by atoms with Gasteiger partial charge in [0.15, 0.2) is 0 Å². The van der Waals surface area contributed by atoms with Crippen molar-refractivity contribution in [3.63, 3.8) is 0 Å². The smallest absolute Gasteiger partial charge is 0.214 e. The van der Waals surface area contributed by atoms with Gasteiger partial charge >= 0.3 is 0 Å². The second kappa shape index (κ2) is 7.44. The molecule has 0 saturated heterocycles. The molecule has 0 atom stereocenters. The van der Waals surface area contributed by atoms with E-state index in [-0.39, 0.29) is 0 Å². The Labute approximate surface area is 152 Å². The molecule has 0 spiro atoms. The number of aryl methyl sites for hydroxylation is 1. The van der Waals surface area contributed by atoms with Crippen LogP contribution in [0.3, 0.4) is 0 Å². The Balaban J connectivity index is 1.65. The maximum absolute atomic E-state index is 5.97. The number of hydrogen-bond donors (Lipinski definition) is 0. The number of fused-ring (bicyclic) bond motifs is 1. The quantitative estimate of drug-likeness (QED) is 0.699. The summed E-state index contributed by atoms with van der Waals surface area (Å²) in [5, 5.41) is 0. The topological polar surface area (TPSA) is 60.8 Å². The van der Waals surface area contributed by atoms with E-state index in [2.05, 4.69) is 21.5 Å². The standard InChI is InChI=1S/C21H20N4O/c1-2-16-6-5-7-17(24-16)13-26-21-10-19(15-11-22-14-23-12-15)18-8-3-4-9-20(18)25-21/h2,5-7,10-12,14H,1,3-4,8-9,13H2. The van der Waals surface area contributed by atoms with E-state index in [1.165, 1.54) is 12.0 Å². The molecule has 4 rings (SSSR count). The van der Waals surface area contributed by atoms with Crippen LogP contribution in [0.5, 0.6) is 5.88 Å². The Kier molecular flexibility index (Phi) is 4.69. The fourth-order valence-electron chi connectivity index (χ4n) is 3.29. The van der Waals surface area contributed by atoms with Gasteiger partial charge in [-0.3, -0.25) is 0 Å². The molecule has 1 aliphatic carbocycles. The molecule has 26 heavy (non-hydrogen) atoms. The Morgan fingerprint density at radius 3 is 2.77 bits per heavy atom. The van der Waals surface area contributed by atoms with Crippen molar-refractivity contribution < 1.29 is 4.74 Å². The van der Waals surface area contributed by atoms with Crippen molar-refractivity contribution in [2.45, 2.75) is 32.3 Å². The molecule has 1 aliphatic rings. The van der Waals surface area contributed by atoms with Gasteiger partial charge in [0.25, 0.3) is 0 Å². The summed E-state index contributed by atoms with van der Waals surface area (Å²) in [4.78, 5) is 17.6. The highest BCUT2D eigenvalue weighted by atomic mass is 16.5. The van der Waals surface area contributed by atoms with Crippen LogP contribution in [-0.2, 0) is 19.4 Å². The lowest BCUT2D eigenvalue weighted by Crippen LogP contribution is -2.09. The summed E-state index contributed by atoms with van der Waals surface area (Å²) in [6.07, 6.45) is 11.3. The first-order chi connectivity index (χ1) is 12.8. The van der Waals surface area contributed by atoms with Crippen LogP contribution in [0.4, 0.5) is 0 Å². The van der Waals surface area contributed by atoms with E-state index in [1.807, 2.05) is 36.7 Å². The van der Waals surface area contributed by atoms with Crippen molar-refractivity contribution in [1.82, 2.24) is 19.9 Å². The van der Waals surface area contributed by atoms with E-state index < -0.39 is 0 Å². The first-order valence-corrected chi connectivity index (χ1v) is 8.83. The first-order valence-electron chi connectivity index (χ1n) is 8.83. The molecule has 0 aliphatic heterocycles. The lowest BCUT2D eigenvalue weighted by molar-refractivity contribution is 0.288. The van der Waals surface area contributed by atoms with Crippen molar-refractivity contribution in [3.8, 4) is 17.0 Å². The average molecular weight is 344 g/mol. The molecule has 3 aromatic rings. The summed E-state index contributed by atoms with van der Waals surface area (Å²) in [6.45, 7) is 4.13. The maximum atomic E-state index is 5.97. The zero-order valence-corrected chi connectivity index (χ0v) is 14.6. The number of ether oxygens (including phenoxy) is 1. The second-order valence-electron chi connectivity index (χ2n) is 6.31. The fraction of sp³-hybridized carbons (Fsp3) is 0.238. The van der Waals surface area contributed by atoms with E-state index in [0.29, 0.717) is 12.5 Å². The molecule has 3 aromatic heterocycles. The summed E-state index contributed by atoms with van der Waals surface area (Å²) in [6, 6.07) is 7.81. The van der Waals surface area contributed by atoms with E-state index in [0.717, 1.165) is 47.5 Å². The molecule has 0 saturated carbocycles. The van der Waals surface area contributed by atoms with Gasteiger partial charge in [0.1, 0.15) is 12.9 Å². The van der Waals surface area contributed by atoms with Gasteiger partial charge in [-0.05, 0) is 55.0 Å². The highest BCUT2D eigenvalue weighted by Crippen LogP contribution is 2.33. The molecular weight excluding hydrogens is 324 g/mol. The van der Waals surface area contributed by atoms with Crippen LogP contribution >= 0.6 is 0 Å². The molecule has 3 heterocycles. The lowest BCUT2D eigenvalue weighted by Gasteiger charge is -2.20. The molecule has 130 valence electrons. The Morgan fingerprint density at radius 2 is 1.92 bits per heavy atom. The average Bonchev–Trinajstić information content (AvgIpc) is 2.72. The molecule has 0 radical (unpaired) electrons. The predicted molar refractivity (Wildman–Crippen MR) is 101 cm³/mol. The van der Waals surface area contributed by atoms with Crippen LogP contribution in [0.25, 0.3) is 17.2 Å². The van der Waals surface area contributed by atoms with Crippen molar-refractivity contribution in [2.75, 3.05) is 0 Å². The number of nitrogens with zero attached hydrogens (tertiary/aromatic N) is 4. The summed E-state index contributed by atoms with van der Waals surface area (Å²) in [5.41, 5.74) is 6.24. The van der Waals surface area contributed by atoms with E-state index >= 15 is 0 Å². The molecule has 0 bridgehead atoms. The van der Waals surface area contributed by atoms with Gasteiger partial charge in [-0.2, -0.15) is 0 Å². The highest BCUT2D eigenvalue weighted by molar-refractivity contribution is 5.68. The van der Waals surface area contributed by atoms with Gasteiger partial charge in [-0.15, -0.1) is 0 Å². The lowest BCUT2D eigenvalue weighted by atomic mass is 9.90. The minimum absolute atomic E-state index is 0.373. The predicted octanol–water partition coefficient (Wildman–Crippen LogP) is 4.03. The van der Waals surface area contributed by atoms with Gasteiger partial charge in [-0.25, -0.2) is 19.9 Å². The summed E-state index contributed by atoms with van der Waals surface area (Å²) in [5.74, 6) is 0.621. The zero-order valence-electron chi connectivity index (χ0n) is 14.6. The molecule has 0 aromatic carbocycles. The minimum atomic E-state index is 0.373. The third kappa shape index (κ3) is 3.47. The van der Waals surface area contributed by atoms with E-state index in [9.17, 15) is 0 Å². The number of aromatic nitrogens is 4. The van der Waals surface area contributed by atoms with Crippen LogP contribution in [0.2, 0.25) is 0 Å². The van der Waals surface area contributed by atoms with Crippen molar-refractivity contribution >= 4 is 6.08 Å². The molecule has 5 nitrogen and oxygen atoms in total. The number of rotatable bonds is 5. The highest BCUT2D eigenvalue weighted by Gasteiger charge is 2.18. The van der Waals surface area contributed by atoms with Gasteiger partial charge in [0.2, 0.25) is 5.88 Å². The molecule has 5 heteroatoms. The van der Waals surface area contributed by atoms with Crippen molar-refractivity contribution in [2.24, 2.45) is 0 Å². The van der Waals surface area contributed by atoms with Crippen LogP contribution in [-0.4, -0.2) is 19.9 Å². The SMILES string of the molecule is C=Cc1cccc(COc2cc(-c3cncnc3)c3c(n2)CCCC3)n1. The minimum Gasteiger partial charge on any atom is -0.471 e. The van der Waals surface area contributed by atoms with Gasteiger partial charge in [0.05, 0.1) is 11.4 Å². The molecular formula is C21H20N4O. The normalized spacial score (nSPS) is 13.1. The number of pyridine rings is 2. The number of hydrogen-bond acceptors (Lipinski definition) is 5. The summed E-state index contributed by atoms with van der Waals surface area (Å²) in [7, 11) is 0. The first kappa shape index (κ1) is 16.4. The van der Waals surface area contributed by atoms with E-state index in [1.54, 1.807) is 12.4 Å². The summed E-state index contributed by atoms with van der Waals surface area (Å²) >= 11 is 0. The van der Waals surface area contributed by atoms with Crippen molar-refractivity contribution in [1.29, 1.82) is 0 Å².